The molecule has 5 rings (SSSR count). The average Bonchev–Trinajstić information content (AvgIpc) is 3.51. The van der Waals surface area contributed by atoms with Crippen LogP contribution in [0.5, 0.6) is 0 Å². The van der Waals surface area contributed by atoms with Crippen molar-refractivity contribution in [3.05, 3.63) is 71.2 Å². The summed E-state index contributed by atoms with van der Waals surface area (Å²) >= 11 is 0. The number of benzene rings is 1. The molecule has 1 unspecified atom stereocenters. The maximum atomic E-state index is 14.2. The maximum Gasteiger partial charge on any atom is 0.244 e. The number of rotatable bonds is 5. The Bertz CT molecular complexity index is 1180. The summed E-state index contributed by atoms with van der Waals surface area (Å²) in [4.78, 5) is 38.1. The van der Waals surface area contributed by atoms with E-state index in [1.807, 2.05) is 6.92 Å². The van der Waals surface area contributed by atoms with Gasteiger partial charge in [0.25, 0.3) is 0 Å². The second kappa shape index (κ2) is 8.14. The van der Waals surface area contributed by atoms with Crippen LogP contribution in [-0.4, -0.2) is 49.6 Å². The molecule has 0 N–H and O–H groups in total. The van der Waals surface area contributed by atoms with Crippen LogP contribution in [0, 0.1) is 12.7 Å². The van der Waals surface area contributed by atoms with Crippen LogP contribution in [0.15, 0.2) is 42.7 Å². The van der Waals surface area contributed by atoms with Gasteiger partial charge in [0.2, 0.25) is 11.8 Å². The molecule has 9 heteroatoms. The van der Waals surface area contributed by atoms with E-state index in [2.05, 4.69) is 10.1 Å². The third kappa shape index (κ3) is 3.74. The molecule has 1 aromatic carbocycles. The molecule has 2 aliphatic heterocycles. The van der Waals surface area contributed by atoms with Crippen molar-refractivity contribution < 1.29 is 14.0 Å². The van der Waals surface area contributed by atoms with Crippen molar-refractivity contribution in [1.29, 1.82) is 0 Å². The van der Waals surface area contributed by atoms with Gasteiger partial charge in [0, 0.05) is 48.2 Å². The predicted octanol–water partition coefficient (Wildman–Crippen LogP) is 2.23. The summed E-state index contributed by atoms with van der Waals surface area (Å²) in [6.45, 7) is 3.36. The average molecular weight is 434 g/mol. The minimum atomic E-state index is -0.345. The minimum absolute atomic E-state index is 0.00504. The summed E-state index contributed by atoms with van der Waals surface area (Å²) in [5, 5.41) is 4.09. The van der Waals surface area contributed by atoms with Gasteiger partial charge in [0.1, 0.15) is 24.0 Å². The summed E-state index contributed by atoms with van der Waals surface area (Å²) in [5.74, 6) is 0.727. The molecule has 0 aliphatic carbocycles. The molecule has 3 aromatic rings. The van der Waals surface area contributed by atoms with Gasteiger partial charge in [-0.1, -0.05) is 18.2 Å². The second-order valence-corrected chi connectivity index (χ2v) is 8.25. The maximum absolute atomic E-state index is 14.2. The van der Waals surface area contributed by atoms with E-state index in [1.165, 1.54) is 6.07 Å². The summed E-state index contributed by atoms with van der Waals surface area (Å²) < 4.78 is 15.8. The molecule has 2 amide bonds. The van der Waals surface area contributed by atoms with Crippen molar-refractivity contribution in [2.45, 2.75) is 38.8 Å². The number of aromatic nitrogens is 4. The van der Waals surface area contributed by atoms with Crippen molar-refractivity contribution in [2.24, 2.45) is 0 Å². The zero-order valence-corrected chi connectivity index (χ0v) is 17.7. The SMILES string of the molecule is Cc1nc(C2CCN(C(=O)Cn3cccn3)C2)nc2c1CC(=O)N2Cc1ccccc1F. The summed E-state index contributed by atoms with van der Waals surface area (Å²) in [6, 6.07) is 8.23. The molecule has 4 heterocycles. The molecule has 0 saturated carbocycles. The lowest BCUT2D eigenvalue weighted by Gasteiger charge is -2.19. The van der Waals surface area contributed by atoms with Crippen LogP contribution in [0.4, 0.5) is 10.2 Å². The van der Waals surface area contributed by atoms with Gasteiger partial charge in [-0.15, -0.1) is 0 Å². The Morgan fingerprint density at radius 1 is 1.22 bits per heavy atom. The van der Waals surface area contributed by atoms with Crippen LogP contribution in [0.1, 0.15) is 35.0 Å². The van der Waals surface area contributed by atoms with Gasteiger partial charge in [-0.2, -0.15) is 5.10 Å². The van der Waals surface area contributed by atoms with Gasteiger partial charge < -0.3 is 4.90 Å². The monoisotopic (exact) mass is 434 g/mol. The number of anilines is 1. The zero-order valence-electron chi connectivity index (χ0n) is 17.7. The van der Waals surface area contributed by atoms with Crippen molar-refractivity contribution in [3.63, 3.8) is 0 Å². The van der Waals surface area contributed by atoms with E-state index in [0.29, 0.717) is 30.3 Å². The fraction of sp³-hybridized carbons (Fsp3) is 0.348. The number of hydrogen-bond donors (Lipinski definition) is 0. The number of halogens is 1. The molecular formula is C23H23FN6O2. The van der Waals surface area contributed by atoms with Crippen LogP contribution in [0.2, 0.25) is 0 Å². The van der Waals surface area contributed by atoms with Crippen LogP contribution in [0.25, 0.3) is 0 Å². The number of carbonyl (C=O) groups excluding carboxylic acids is 2. The highest BCUT2D eigenvalue weighted by atomic mass is 19.1. The lowest BCUT2D eigenvalue weighted by molar-refractivity contribution is -0.131. The smallest absolute Gasteiger partial charge is 0.244 e. The lowest BCUT2D eigenvalue weighted by Crippen LogP contribution is -2.32. The minimum Gasteiger partial charge on any atom is -0.340 e. The van der Waals surface area contributed by atoms with Crippen LogP contribution in [0.3, 0.4) is 0 Å². The number of hydrogen-bond acceptors (Lipinski definition) is 5. The third-order valence-corrected chi connectivity index (χ3v) is 6.14. The predicted molar refractivity (Wildman–Crippen MR) is 114 cm³/mol. The Balaban J connectivity index is 1.36. The first-order valence-corrected chi connectivity index (χ1v) is 10.7. The molecule has 0 spiro atoms. The highest BCUT2D eigenvalue weighted by Gasteiger charge is 2.35. The van der Waals surface area contributed by atoms with Gasteiger partial charge in [-0.3, -0.25) is 19.2 Å². The largest absolute Gasteiger partial charge is 0.340 e. The van der Waals surface area contributed by atoms with Gasteiger partial charge in [-0.25, -0.2) is 14.4 Å². The molecule has 2 aliphatic rings. The molecule has 164 valence electrons. The number of carbonyl (C=O) groups is 2. The number of amides is 2. The quantitative estimate of drug-likeness (QED) is 0.615. The van der Waals surface area contributed by atoms with E-state index in [-0.39, 0.29) is 43.1 Å². The Morgan fingerprint density at radius 3 is 2.84 bits per heavy atom. The molecule has 2 aromatic heterocycles. The molecule has 32 heavy (non-hydrogen) atoms. The zero-order chi connectivity index (χ0) is 22.2. The Kier molecular flexibility index (Phi) is 5.16. The van der Waals surface area contributed by atoms with E-state index in [4.69, 9.17) is 4.98 Å². The van der Waals surface area contributed by atoms with E-state index in [9.17, 15) is 14.0 Å². The highest BCUT2D eigenvalue weighted by Crippen LogP contribution is 2.34. The van der Waals surface area contributed by atoms with E-state index < -0.39 is 0 Å². The van der Waals surface area contributed by atoms with Crippen LogP contribution in [-0.2, 0) is 29.1 Å². The van der Waals surface area contributed by atoms with Gasteiger partial charge in [-0.05, 0) is 25.5 Å². The van der Waals surface area contributed by atoms with E-state index in [1.54, 1.807) is 51.1 Å². The van der Waals surface area contributed by atoms with Gasteiger partial charge >= 0.3 is 0 Å². The van der Waals surface area contributed by atoms with Gasteiger partial charge in [0.15, 0.2) is 0 Å². The first-order valence-electron chi connectivity index (χ1n) is 10.7. The molecular weight excluding hydrogens is 411 g/mol. The molecule has 1 fully saturated rings. The van der Waals surface area contributed by atoms with Crippen LogP contribution >= 0.6 is 0 Å². The first-order chi connectivity index (χ1) is 15.5. The first kappa shape index (κ1) is 20.3. The standard InChI is InChI=1S/C23H23FN6O2/c1-15-18-11-20(31)30(13-16-5-2-3-6-19(16)24)23(18)27-22(26-15)17-7-10-28(12-17)21(32)14-29-9-4-8-25-29/h2-6,8-9,17H,7,10-14H2,1H3. The Labute approximate surface area is 184 Å². The van der Waals surface area contributed by atoms with E-state index >= 15 is 0 Å². The molecule has 1 saturated heterocycles. The molecule has 1 atom stereocenters. The summed E-state index contributed by atoms with van der Waals surface area (Å²) in [7, 11) is 0. The van der Waals surface area contributed by atoms with E-state index in [0.717, 1.165) is 17.7 Å². The summed E-state index contributed by atoms with van der Waals surface area (Å²) in [6.07, 6.45) is 4.38. The lowest BCUT2D eigenvalue weighted by atomic mass is 10.1. The number of likely N-dealkylation sites (tertiary alicyclic amines) is 1. The number of fused-ring (bicyclic) bond motifs is 1. The highest BCUT2D eigenvalue weighted by molar-refractivity contribution is 6.00. The Morgan fingerprint density at radius 2 is 2.06 bits per heavy atom. The second-order valence-electron chi connectivity index (χ2n) is 8.25. The third-order valence-electron chi connectivity index (χ3n) is 6.14. The van der Waals surface area contributed by atoms with Crippen molar-refractivity contribution >= 4 is 17.6 Å². The van der Waals surface area contributed by atoms with Crippen molar-refractivity contribution in [1.82, 2.24) is 24.6 Å². The summed E-state index contributed by atoms with van der Waals surface area (Å²) in [5.41, 5.74) is 2.00. The fourth-order valence-corrected chi connectivity index (χ4v) is 4.37. The topological polar surface area (TPSA) is 84.2 Å². The Hall–Kier alpha value is -3.62. The normalized spacial score (nSPS) is 17.8. The van der Waals surface area contributed by atoms with Crippen LogP contribution < -0.4 is 4.90 Å². The number of aryl methyl sites for hydroxylation is 1. The van der Waals surface area contributed by atoms with Gasteiger partial charge in [0.05, 0.1) is 13.0 Å². The molecule has 0 bridgehead atoms. The number of nitrogens with zero attached hydrogens (tertiary/aromatic N) is 6. The molecule has 8 nitrogen and oxygen atoms in total. The fourth-order valence-electron chi connectivity index (χ4n) is 4.37. The van der Waals surface area contributed by atoms with Crippen molar-refractivity contribution in [3.8, 4) is 0 Å². The molecule has 0 radical (unpaired) electrons. The van der Waals surface area contributed by atoms with Crippen molar-refractivity contribution in [2.75, 3.05) is 18.0 Å².